The summed E-state index contributed by atoms with van der Waals surface area (Å²) < 4.78 is 45.7. The van der Waals surface area contributed by atoms with Crippen LogP contribution >= 0.6 is 0 Å². The Labute approximate surface area is 160 Å². The van der Waals surface area contributed by atoms with Gasteiger partial charge in [0, 0.05) is 18.3 Å². The van der Waals surface area contributed by atoms with Crippen molar-refractivity contribution in [1.82, 2.24) is 9.97 Å². The van der Waals surface area contributed by atoms with Gasteiger partial charge in [0.25, 0.3) is 0 Å². The van der Waals surface area contributed by atoms with Gasteiger partial charge in [-0.25, -0.2) is 18.2 Å². The van der Waals surface area contributed by atoms with E-state index in [2.05, 4.69) is 20.6 Å². The average molecular weight is 388 g/mol. The molecule has 0 amide bonds. The quantitative estimate of drug-likeness (QED) is 0.579. The summed E-state index contributed by atoms with van der Waals surface area (Å²) in [7, 11) is 1.62. The monoisotopic (exact) mass is 388 g/mol. The lowest BCUT2D eigenvalue weighted by Gasteiger charge is -2.12. The van der Waals surface area contributed by atoms with Crippen molar-refractivity contribution in [1.29, 1.82) is 0 Å². The van der Waals surface area contributed by atoms with Crippen molar-refractivity contribution in [3.8, 4) is 5.75 Å². The van der Waals surface area contributed by atoms with Crippen LogP contribution in [-0.4, -0.2) is 23.6 Å². The summed E-state index contributed by atoms with van der Waals surface area (Å²) in [6.07, 6.45) is 0.682. The molecule has 3 rings (SSSR count). The number of hydrogen-bond acceptors (Lipinski definition) is 5. The molecule has 0 aliphatic heterocycles. The summed E-state index contributed by atoms with van der Waals surface area (Å²) in [6.45, 7) is 2.29. The molecule has 8 heteroatoms. The molecular formula is C20H19F3N4O. The van der Waals surface area contributed by atoms with Gasteiger partial charge in [0.1, 0.15) is 11.6 Å². The van der Waals surface area contributed by atoms with E-state index in [1.807, 2.05) is 24.3 Å². The number of halogens is 3. The van der Waals surface area contributed by atoms with Gasteiger partial charge in [0.2, 0.25) is 5.95 Å². The van der Waals surface area contributed by atoms with Crippen molar-refractivity contribution >= 4 is 17.5 Å². The smallest absolute Gasteiger partial charge is 0.224 e. The third-order valence-corrected chi connectivity index (χ3v) is 4.02. The third kappa shape index (κ3) is 4.51. The molecule has 1 aromatic heterocycles. The standard InChI is InChI=1S/C20H19F3N4O/c1-12-11-17(26-15-8-7-14(21)18(22)19(15)23)27-20(25-12)24-10-9-13-5-3-4-6-16(13)28-2/h3-8,11H,9-10H2,1-2H3,(H2,24,25,26,27). The maximum absolute atomic E-state index is 13.9. The molecule has 28 heavy (non-hydrogen) atoms. The zero-order valence-corrected chi connectivity index (χ0v) is 15.4. The highest BCUT2D eigenvalue weighted by molar-refractivity contribution is 5.58. The Morgan fingerprint density at radius 2 is 1.79 bits per heavy atom. The van der Waals surface area contributed by atoms with E-state index in [9.17, 15) is 13.2 Å². The van der Waals surface area contributed by atoms with Gasteiger partial charge in [-0.2, -0.15) is 4.98 Å². The molecule has 146 valence electrons. The van der Waals surface area contributed by atoms with Crippen molar-refractivity contribution < 1.29 is 17.9 Å². The van der Waals surface area contributed by atoms with Gasteiger partial charge in [-0.15, -0.1) is 0 Å². The van der Waals surface area contributed by atoms with E-state index >= 15 is 0 Å². The molecule has 0 aliphatic carbocycles. The number of benzene rings is 2. The largest absolute Gasteiger partial charge is 0.496 e. The van der Waals surface area contributed by atoms with Crippen molar-refractivity contribution in [3.05, 3.63) is 71.2 Å². The first-order valence-electron chi connectivity index (χ1n) is 8.60. The van der Waals surface area contributed by atoms with Crippen LogP contribution < -0.4 is 15.4 Å². The fourth-order valence-corrected chi connectivity index (χ4v) is 2.69. The number of methoxy groups -OCH3 is 1. The molecule has 1 heterocycles. The van der Waals surface area contributed by atoms with Crippen LogP contribution in [0.5, 0.6) is 5.75 Å². The zero-order chi connectivity index (χ0) is 20.1. The highest BCUT2D eigenvalue weighted by Crippen LogP contribution is 2.23. The van der Waals surface area contributed by atoms with Gasteiger partial charge < -0.3 is 15.4 Å². The first-order chi connectivity index (χ1) is 13.5. The molecule has 2 aromatic carbocycles. The van der Waals surface area contributed by atoms with Gasteiger partial charge in [-0.1, -0.05) is 18.2 Å². The first kappa shape index (κ1) is 19.5. The molecule has 0 saturated carbocycles. The molecule has 2 N–H and O–H groups in total. The Morgan fingerprint density at radius 3 is 2.57 bits per heavy atom. The van der Waals surface area contributed by atoms with Crippen LogP contribution in [0.2, 0.25) is 0 Å². The van der Waals surface area contributed by atoms with E-state index < -0.39 is 17.5 Å². The van der Waals surface area contributed by atoms with Gasteiger partial charge in [0.15, 0.2) is 17.5 Å². The van der Waals surface area contributed by atoms with Crippen LogP contribution in [0.4, 0.5) is 30.6 Å². The molecule has 0 unspecified atom stereocenters. The summed E-state index contributed by atoms with van der Waals surface area (Å²) in [4.78, 5) is 8.53. The summed E-state index contributed by atoms with van der Waals surface area (Å²) in [5, 5.41) is 5.76. The van der Waals surface area contributed by atoms with Crippen LogP contribution in [0.25, 0.3) is 0 Å². The second-order valence-electron chi connectivity index (χ2n) is 6.05. The fraction of sp³-hybridized carbons (Fsp3) is 0.200. The van der Waals surface area contributed by atoms with Crippen LogP contribution in [0.3, 0.4) is 0 Å². The normalized spacial score (nSPS) is 10.6. The van der Waals surface area contributed by atoms with Crippen LogP contribution in [0, 0.1) is 24.4 Å². The van der Waals surface area contributed by atoms with Crippen molar-refractivity contribution in [2.24, 2.45) is 0 Å². The molecule has 0 radical (unpaired) electrons. The lowest BCUT2D eigenvalue weighted by atomic mass is 10.1. The number of hydrogen-bond donors (Lipinski definition) is 2. The second-order valence-corrected chi connectivity index (χ2v) is 6.05. The number of nitrogens with one attached hydrogen (secondary N) is 2. The minimum absolute atomic E-state index is 0.211. The van der Waals surface area contributed by atoms with E-state index in [1.54, 1.807) is 20.1 Å². The van der Waals surface area contributed by atoms with Crippen LogP contribution in [-0.2, 0) is 6.42 Å². The van der Waals surface area contributed by atoms with E-state index in [-0.39, 0.29) is 11.5 Å². The second kappa shape index (κ2) is 8.60. The van der Waals surface area contributed by atoms with Gasteiger partial charge >= 0.3 is 0 Å². The molecule has 0 fully saturated rings. The van der Waals surface area contributed by atoms with Crippen molar-refractivity contribution in [2.45, 2.75) is 13.3 Å². The van der Waals surface area contributed by atoms with Crippen molar-refractivity contribution in [3.63, 3.8) is 0 Å². The molecule has 3 aromatic rings. The first-order valence-corrected chi connectivity index (χ1v) is 8.60. The lowest BCUT2D eigenvalue weighted by Crippen LogP contribution is -2.10. The van der Waals surface area contributed by atoms with Gasteiger partial charge in [-0.3, -0.25) is 0 Å². The highest BCUT2D eigenvalue weighted by Gasteiger charge is 2.14. The molecule has 0 spiro atoms. The van der Waals surface area contributed by atoms with Gasteiger partial charge in [0.05, 0.1) is 12.8 Å². The fourth-order valence-electron chi connectivity index (χ4n) is 2.69. The SMILES string of the molecule is COc1ccccc1CCNc1nc(C)cc(Nc2ccc(F)c(F)c2F)n1. The van der Waals surface area contributed by atoms with Crippen molar-refractivity contribution in [2.75, 3.05) is 24.3 Å². The summed E-state index contributed by atoms with van der Waals surface area (Å²) >= 11 is 0. The number of anilines is 3. The third-order valence-electron chi connectivity index (χ3n) is 4.02. The number of aromatic nitrogens is 2. The number of ether oxygens (including phenoxy) is 1. The predicted molar refractivity (Wildman–Crippen MR) is 102 cm³/mol. The van der Waals surface area contributed by atoms with Crippen LogP contribution in [0.1, 0.15) is 11.3 Å². The zero-order valence-electron chi connectivity index (χ0n) is 15.4. The number of aryl methyl sites for hydroxylation is 1. The summed E-state index contributed by atoms with van der Waals surface area (Å²) in [5.41, 5.74) is 1.45. The minimum atomic E-state index is -1.54. The Kier molecular flexibility index (Phi) is 5.98. The summed E-state index contributed by atoms with van der Waals surface area (Å²) in [5.74, 6) is -2.70. The number of rotatable bonds is 7. The Balaban J connectivity index is 1.70. The van der Waals surface area contributed by atoms with Gasteiger partial charge in [-0.05, 0) is 37.1 Å². The molecule has 0 bridgehead atoms. The highest BCUT2D eigenvalue weighted by atomic mass is 19.2. The Morgan fingerprint density at radius 1 is 1.00 bits per heavy atom. The molecule has 0 saturated heterocycles. The molecule has 0 aliphatic rings. The molecule has 5 nitrogen and oxygen atoms in total. The lowest BCUT2D eigenvalue weighted by molar-refractivity contribution is 0.410. The van der Waals surface area contributed by atoms with E-state index in [0.717, 1.165) is 23.4 Å². The average Bonchev–Trinajstić information content (AvgIpc) is 2.68. The Bertz CT molecular complexity index is 982. The van der Waals surface area contributed by atoms with E-state index in [4.69, 9.17) is 4.74 Å². The Hall–Kier alpha value is -3.29. The topological polar surface area (TPSA) is 59.1 Å². The maximum Gasteiger partial charge on any atom is 0.224 e. The molecule has 0 atom stereocenters. The maximum atomic E-state index is 13.9. The predicted octanol–water partition coefficient (Wildman–Crippen LogP) is 4.61. The molecular weight excluding hydrogens is 369 g/mol. The minimum Gasteiger partial charge on any atom is -0.496 e. The number of para-hydroxylation sites is 1. The van der Waals surface area contributed by atoms with Crippen LogP contribution in [0.15, 0.2) is 42.5 Å². The van der Waals surface area contributed by atoms with E-state index in [1.165, 1.54) is 0 Å². The van der Waals surface area contributed by atoms with E-state index in [0.29, 0.717) is 24.6 Å². The summed E-state index contributed by atoms with van der Waals surface area (Å²) in [6, 6.07) is 11.2. The number of nitrogens with zero attached hydrogens (tertiary/aromatic N) is 2.